The predicted octanol–water partition coefficient (Wildman–Crippen LogP) is 3.35. The molecule has 0 saturated heterocycles. The van der Waals surface area contributed by atoms with Crippen LogP contribution in [0, 0.1) is 6.92 Å². The van der Waals surface area contributed by atoms with Gasteiger partial charge >= 0.3 is 0 Å². The number of aryl methyl sites for hydroxylation is 1. The van der Waals surface area contributed by atoms with E-state index >= 15 is 0 Å². The minimum Gasteiger partial charge on any atom is -0.322 e. The molecule has 0 heterocycles. The molecular weight excluding hydrogens is 244 g/mol. The van der Waals surface area contributed by atoms with E-state index in [1.54, 1.807) is 0 Å². The standard InChI is InChI=1S/C15H17ClN2/c1-10-3-2-4-12(9-10)15(18)14(17)11-5-7-13(16)8-6-11/h2-9,14-15H,17-18H2,1H3. The maximum absolute atomic E-state index is 6.22. The van der Waals surface area contributed by atoms with Crippen molar-refractivity contribution in [3.63, 3.8) is 0 Å². The van der Waals surface area contributed by atoms with Crippen molar-refractivity contribution in [3.05, 3.63) is 70.2 Å². The molecule has 3 heteroatoms. The molecule has 2 rings (SSSR count). The second-order valence-corrected chi connectivity index (χ2v) is 4.95. The highest BCUT2D eigenvalue weighted by molar-refractivity contribution is 6.30. The zero-order chi connectivity index (χ0) is 13.1. The Morgan fingerprint density at radius 2 is 1.50 bits per heavy atom. The average molecular weight is 261 g/mol. The number of hydrogen-bond acceptors (Lipinski definition) is 2. The molecule has 0 spiro atoms. The normalized spacial score (nSPS) is 14.2. The van der Waals surface area contributed by atoms with Gasteiger partial charge in [-0.05, 0) is 30.2 Å². The zero-order valence-corrected chi connectivity index (χ0v) is 11.1. The van der Waals surface area contributed by atoms with Crippen LogP contribution in [0.15, 0.2) is 48.5 Å². The maximum atomic E-state index is 6.22. The van der Waals surface area contributed by atoms with Gasteiger partial charge in [-0.15, -0.1) is 0 Å². The topological polar surface area (TPSA) is 52.0 Å². The Morgan fingerprint density at radius 3 is 2.11 bits per heavy atom. The summed E-state index contributed by atoms with van der Waals surface area (Å²) in [6.45, 7) is 2.05. The molecule has 0 amide bonds. The molecule has 0 saturated carbocycles. The van der Waals surface area contributed by atoms with Crippen molar-refractivity contribution in [3.8, 4) is 0 Å². The van der Waals surface area contributed by atoms with Crippen LogP contribution in [0.2, 0.25) is 5.02 Å². The lowest BCUT2D eigenvalue weighted by molar-refractivity contribution is 0.574. The fourth-order valence-electron chi connectivity index (χ4n) is 1.98. The van der Waals surface area contributed by atoms with E-state index in [2.05, 4.69) is 6.07 Å². The molecular formula is C15H17ClN2. The first-order chi connectivity index (χ1) is 8.58. The van der Waals surface area contributed by atoms with Crippen molar-refractivity contribution >= 4 is 11.6 Å². The summed E-state index contributed by atoms with van der Waals surface area (Å²) in [6, 6.07) is 15.2. The Kier molecular flexibility index (Phi) is 4.02. The number of rotatable bonds is 3. The van der Waals surface area contributed by atoms with Crippen molar-refractivity contribution in [2.75, 3.05) is 0 Å². The van der Waals surface area contributed by atoms with E-state index in [-0.39, 0.29) is 12.1 Å². The molecule has 0 fully saturated rings. The minimum absolute atomic E-state index is 0.217. The van der Waals surface area contributed by atoms with Crippen LogP contribution in [0.5, 0.6) is 0 Å². The first-order valence-electron chi connectivity index (χ1n) is 5.91. The van der Waals surface area contributed by atoms with Gasteiger partial charge < -0.3 is 11.5 Å². The fourth-order valence-corrected chi connectivity index (χ4v) is 2.10. The summed E-state index contributed by atoms with van der Waals surface area (Å²) in [7, 11) is 0. The molecule has 0 bridgehead atoms. The summed E-state index contributed by atoms with van der Waals surface area (Å²) in [6.07, 6.45) is 0. The molecule has 0 aliphatic carbocycles. The number of hydrogen-bond donors (Lipinski definition) is 2. The first kappa shape index (κ1) is 13.1. The Bertz CT molecular complexity index is 522. The Balaban J connectivity index is 2.23. The SMILES string of the molecule is Cc1cccc(C(N)C(N)c2ccc(Cl)cc2)c1. The van der Waals surface area contributed by atoms with E-state index in [9.17, 15) is 0 Å². The average Bonchev–Trinajstić information content (AvgIpc) is 2.38. The largest absolute Gasteiger partial charge is 0.322 e. The van der Waals surface area contributed by atoms with Gasteiger partial charge in [0, 0.05) is 17.1 Å². The summed E-state index contributed by atoms with van der Waals surface area (Å²) in [5, 5.41) is 0.704. The molecule has 94 valence electrons. The highest BCUT2D eigenvalue weighted by Gasteiger charge is 2.17. The third-order valence-electron chi connectivity index (χ3n) is 3.07. The number of nitrogens with two attached hydrogens (primary N) is 2. The van der Waals surface area contributed by atoms with Crippen molar-refractivity contribution in [2.45, 2.75) is 19.0 Å². The Morgan fingerprint density at radius 1 is 0.889 bits per heavy atom. The van der Waals surface area contributed by atoms with Gasteiger partial charge in [-0.25, -0.2) is 0 Å². The van der Waals surface area contributed by atoms with Crippen molar-refractivity contribution < 1.29 is 0 Å². The van der Waals surface area contributed by atoms with Crippen LogP contribution in [-0.4, -0.2) is 0 Å². The minimum atomic E-state index is -0.232. The summed E-state index contributed by atoms with van der Waals surface area (Å²) in [5.41, 5.74) is 15.7. The molecule has 2 atom stereocenters. The second-order valence-electron chi connectivity index (χ2n) is 4.52. The quantitative estimate of drug-likeness (QED) is 0.889. The molecule has 2 aromatic rings. The van der Waals surface area contributed by atoms with E-state index in [4.69, 9.17) is 23.1 Å². The van der Waals surface area contributed by atoms with Crippen LogP contribution in [0.1, 0.15) is 28.8 Å². The van der Waals surface area contributed by atoms with E-state index in [1.807, 2.05) is 49.4 Å². The lowest BCUT2D eigenvalue weighted by atomic mass is 9.94. The van der Waals surface area contributed by atoms with E-state index in [1.165, 1.54) is 5.56 Å². The van der Waals surface area contributed by atoms with E-state index < -0.39 is 0 Å². The van der Waals surface area contributed by atoms with Gasteiger partial charge in [0.2, 0.25) is 0 Å². The number of benzene rings is 2. The predicted molar refractivity (Wildman–Crippen MR) is 76.5 cm³/mol. The third kappa shape index (κ3) is 2.91. The van der Waals surface area contributed by atoms with E-state index in [0.717, 1.165) is 11.1 Å². The molecule has 0 aromatic heterocycles. The summed E-state index contributed by atoms with van der Waals surface area (Å²) in [5.74, 6) is 0. The van der Waals surface area contributed by atoms with Crippen LogP contribution >= 0.6 is 11.6 Å². The van der Waals surface area contributed by atoms with Gasteiger partial charge in [-0.2, -0.15) is 0 Å². The van der Waals surface area contributed by atoms with Crippen LogP contribution < -0.4 is 11.5 Å². The summed E-state index contributed by atoms with van der Waals surface area (Å²) < 4.78 is 0. The lowest BCUT2D eigenvalue weighted by Crippen LogP contribution is -2.26. The summed E-state index contributed by atoms with van der Waals surface area (Å²) >= 11 is 5.86. The highest BCUT2D eigenvalue weighted by Crippen LogP contribution is 2.25. The third-order valence-corrected chi connectivity index (χ3v) is 3.32. The summed E-state index contributed by atoms with van der Waals surface area (Å²) in [4.78, 5) is 0. The van der Waals surface area contributed by atoms with Gasteiger partial charge in [0.25, 0.3) is 0 Å². The molecule has 4 N–H and O–H groups in total. The lowest BCUT2D eigenvalue weighted by Gasteiger charge is -2.21. The molecule has 0 radical (unpaired) electrons. The molecule has 0 aliphatic rings. The molecule has 2 aromatic carbocycles. The smallest absolute Gasteiger partial charge is 0.0491 e. The second kappa shape index (κ2) is 5.53. The highest BCUT2D eigenvalue weighted by atomic mass is 35.5. The Hall–Kier alpha value is -1.35. The van der Waals surface area contributed by atoms with E-state index in [0.29, 0.717) is 5.02 Å². The van der Waals surface area contributed by atoms with Crippen LogP contribution in [0.3, 0.4) is 0 Å². The Labute approximate surface area is 113 Å². The first-order valence-corrected chi connectivity index (χ1v) is 6.29. The molecule has 18 heavy (non-hydrogen) atoms. The van der Waals surface area contributed by atoms with Crippen molar-refractivity contribution in [2.24, 2.45) is 11.5 Å². The van der Waals surface area contributed by atoms with Crippen LogP contribution in [-0.2, 0) is 0 Å². The molecule has 0 aliphatic heterocycles. The molecule has 2 unspecified atom stereocenters. The maximum Gasteiger partial charge on any atom is 0.0491 e. The number of halogens is 1. The zero-order valence-electron chi connectivity index (χ0n) is 10.3. The van der Waals surface area contributed by atoms with Gasteiger partial charge in [0.05, 0.1) is 0 Å². The van der Waals surface area contributed by atoms with Gasteiger partial charge in [-0.1, -0.05) is 53.6 Å². The monoisotopic (exact) mass is 260 g/mol. The van der Waals surface area contributed by atoms with Gasteiger partial charge in [-0.3, -0.25) is 0 Å². The van der Waals surface area contributed by atoms with Gasteiger partial charge in [0.15, 0.2) is 0 Å². The van der Waals surface area contributed by atoms with Crippen molar-refractivity contribution in [1.82, 2.24) is 0 Å². The van der Waals surface area contributed by atoms with Crippen molar-refractivity contribution in [1.29, 1.82) is 0 Å². The molecule has 2 nitrogen and oxygen atoms in total. The van der Waals surface area contributed by atoms with Gasteiger partial charge in [0.1, 0.15) is 0 Å². The van der Waals surface area contributed by atoms with Crippen LogP contribution in [0.4, 0.5) is 0 Å². The van der Waals surface area contributed by atoms with Crippen LogP contribution in [0.25, 0.3) is 0 Å². The fraction of sp³-hybridized carbons (Fsp3) is 0.200.